The van der Waals surface area contributed by atoms with E-state index in [0.717, 1.165) is 30.1 Å². The highest BCUT2D eigenvalue weighted by Gasteiger charge is 2.50. The van der Waals surface area contributed by atoms with E-state index in [-0.39, 0.29) is 6.10 Å². The summed E-state index contributed by atoms with van der Waals surface area (Å²) in [7, 11) is 0. The Morgan fingerprint density at radius 3 is 2.23 bits per heavy atom. The molecule has 0 aromatic carbocycles. The van der Waals surface area contributed by atoms with Gasteiger partial charge in [-0.25, -0.2) is 0 Å². The summed E-state index contributed by atoms with van der Waals surface area (Å²) in [4.78, 5) is 0. The smallest absolute Gasteiger partial charge is 0.0568 e. The zero-order valence-corrected chi connectivity index (χ0v) is 8.45. The quantitative estimate of drug-likeness (QED) is 0.607. The molecule has 3 aliphatic carbocycles. The van der Waals surface area contributed by atoms with Crippen LogP contribution >= 0.6 is 0 Å². The zero-order valence-electron chi connectivity index (χ0n) is 8.45. The summed E-state index contributed by atoms with van der Waals surface area (Å²) in [5.41, 5.74) is 0. The van der Waals surface area contributed by atoms with Crippen molar-refractivity contribution in [2.24, 2.45) is 29.6 Å². The van der Waals surface area contributed by atoms with Gasteiger partial charge in [-0.1, -0.05) is 6.92 Å². The molecule has 1 heteroatoms. The van der Waals surface area contributed by atoms with E-state index in [4.69, 9.17) is 0 Å². The number of hydrogen-bond acceptors (Lipinski definition) is 1. The van der Waals surface area contributed by atoms with Gasteiger partial charge in [0.05, 0.1) is 6.10 Å². The van der Waals surface area contributed by atoms with Crippen LogP contribution in [-0.2, 0) is 0 Å². The Labute approximate surface area is 80.5 Å². The molecule has 0 aliphatic heterocycles. The molecule has 0 heterocycles. The van der Waals surface area contributed by atoms with Crippen LogP contribution < -0.4 is 0 Å². The summed E-state index contributed by atoms with van der Waals surface area (Å²) in [6.07, 6.45) is 6.90. The van der Waals surface area contributed by atoms with Gasteiger partial charge in [-0.3, -0.25) is 0 Å². The lowest BCUT2D eigenvalue weighted by atomic mass is 9.67. The average molecular weight is 180 g/mol. The van der Waals surface area contributed by atoms with Crippen molar-refractivity contribution in [3.63, 3.8) is 0 Å². The van der Waals surface area contributed by atoms with E-state index >= 15 is 0 Å². The summed E-state index contributed by atoms with van der Waals surface area (Å²) >= 11 is 0. The number of aliphatic hydroxyl groups excluding tert-OH is 1. The molecule has 6 unspecified atom stereocenters. The molecule has 3 fully saturated rings. The number of hydrogen-bond donors (Lipinski definition) is 1. The normalized spacial score (nSPS) is 59.5. The van der Waals surface area contributed by atoms with Gasteiger partial charge in [0.1, 0.15) is 0 Å². The van der Waals surface area contributed by atoms with Crippen molar-refractivity contribution in [3.8, 4) is 0 Å². The maximum Gasteiger partial charge on any atom is 0.0568 e. The first-order chi connectivity index (χ1) is 6.25. The van der Waals surface area contributed by atoms with E-state index in [9.17, 15) is 5.11 Å². The van der Waals surface area contributed by atoms with Crippen LogP contribution in [0.3, 0.4) is 0 Å². The molecular weight excluding hydrogens is 160 g/mol. The second kappa shape index (κ2) is 2.73. The van der Waals surface area contributed by atoms with Crippen LogP contribution in [0.4, 0.5) is 0 Å². The van der Waals surface area contributed by atoms with Gasteiger partial charge in [0, 0.05) is 0 Å². The third-order valence-corrected chi connectivity index (χ3v) is 5.09. The van der Waals surface area contributed by atoms with Crippen molar-refractivity contribution in [2.75, 3.05) is 0 Å². The Balaban J connectivity index is 1.81. The lowest BCUT2D eigenvalue weighted by molar-refractivity contribution is 0.00275. The van der Waals surface area contributed by atoms with Gasteiger partial charge in [-0.2, -0.15) is 0 Å². The van der Waals surface area contributed by atoms with Crippen LogP contribution in [0.5, 0.6) is 0 Å². The van der Waals surface area contributed by atoms with E-state index < -0.39 is 0 Å². The number of rotatable bonds is 0. The first-order valence-corrected chi connectivity index (χ1v) is 5.93. The lowest BCUT2D eigenvalue weighted by Gasteiger charge is -2.40. The minimum absolute atomic E-state index is 0.0144. The van der Waals surface area contributed by atoms with E-state index in [2.05, 4.69) is 6.92 Å². The molecule has 13 heavy (non-hydrogen) atoms. The third-order valence-electron chi connectivity index (χ3n) is 5.09. The maximum atomic E-state index is 9.85. The highest BCUT2D eigenvalue weighted by Crippen LogP contribution is 2.58. The SMILES string of the molecule is CC1CC2C3CCC(C3)C2CC1O. The molecule has 0 saturated heterocycles. The highest BCUT2D eigenvalue weighted by atomic mass is 16.3. The van der Waals surface area contributed by atoms with Crippen molar-refractivity contribution in [1.29, 1.82) is 0 Å². The monoisotopic (exact) mass is 180 g/mol. The molecule has 0 aromatic heterocycles. The Morgan fingerprint density at radius 1 is 0.923 bits per heavy atom. The minimum Gasteiger partial charge on any atom is -0.393 e. The zero-order chi connectivity index (χ0) is 9.00. The molecule has 1 N–H and O–H groups in total. The molecular formula is C12H20O. The molecule has 3 aliphatic rings. The summed E-state index contributed by atoms with van der Waals surface area (Å²) < 4.78 is 0. The van der Waals surface area contributed by atoms with Crippen molar-refractivity contribution in [2.45, 2.75) is 45.1 Å². The first-order valence-electron chi connectivity index (χ1n) is 5.93. The maximum absolute atomic E-state index is 9.85. The summed E-state index contributed by atoms with van der Waals surface area (Å²) in [5.74, 6) is 4.52. The third kappa shape index (κ3) is 1.09. The van der Waals surface area contributed by atoms with Crippen molar-refractivity contribution in [1.82, 2.24) is 0 Å². The largest absolute Gasteiger partial charge is 0.393 e. The molecule has 0 radical (unpaired) electrons. The molecule has 1 nitrogen and oxygen atoms in total. The van der Waals surface area contributed by atoms with Crippen LogP contribution in [0.1, 0.15) is 39.0 Å². The lowest BCUT2D eigenvalue weighted by Crippen LogP contribution is -2.36. The second-order valence-electron chi connectivity index (χ2n) is 5.68. The standard InChI is InChI=1S/C12H20O/c1-7-4-10-8-2-3-9(5-8)11(10)6-12(7)13/h7-13H,2-6H2,1H3. The van der Waals surface area contributed by atoms with Crippen LogP contribution in [0.2, 0.25) is 0 Å². The summed E-state index contributed by atoms with van der Waals surface area (Å²) in [6, 6.07) is 0. The van der Waals surface area contributed by atoms with E-state index in [1.54, 1.807) is 0 Å². The molecule has 74 valence electrons. The van der Waals surface area contributed by atoms with Gasteiger partial charge in [0.15, 0.2) is 0 Å². The van der Waals surface area contributed by atoms with Gasteiger partial charge in [-0.15, -0.1) is 0 Å². The Hall–Kier alpha value is -0.0400. The summed E-state index contributed by atoms with van der Waals surface area (Å²) in [6.45, 7) is 2.23. The highest BCUT2D eigenvalue weighted by molar-refractivity contribution is 5.00. The van der Waals surface area contributed by atoms with Gasteiger partial charge >= 0.3 is 0 Å². The molecule has 0 spiro atoms. The van der Waals surface area contributed by atoms with Crippen LogP contribution in [-0.4, -0.2) is 11.2 Å². The fourth-order valence-electron chi connectivity index (χ4n) is 4.36. The fraction of sp³-hybridized carbons (Fsp3) is 1.00. The van der Waals surface area contributed by atoms with Gasteiger partial charge in [0.25, 0.3) is 0 Å². The molecule has 3 saturated carbocycles. The molecule has 3 rings (SSSR count). The van der Waals surface area contributed by atoms with Crippen molar-refractivity contribution >= 4 is 0 Å². The minimum atomic E-state index is 0.0144. The van der Waals surface area contributed by atoms with Crippen molar-refractivity contribution in [3.05, 3.63) is 0 Å². The number of aliphatic hydroxyl groups is 1. The Morgan fingerprint density at radius 2 is 1.54 bits per heavy atom. The molecule has 0 amide bonds. The van der Waals surface area contributed by atoms with E-state index in [1.165, 1.54) is 25.7 Å². The van der Waals surface area contributed by atoms with E-state index in [1.807, 2.05) is 0 Å². The molecule has 0 aromatic rings. The van der Waals surface area contributed by atoms with E-state index in [0.29, 0.717) is 5.92 Å². The van der Waals surface area contributed by atoms with Crippen molar-refractivity contribution < 1.29 is 5.11 Å². The van der Waals surface area contributed by atoms with Crippen LogP contribution in [0, 0.1) is 29.6 Å². The van der Waals surface area contributed by atoms with Gasteiger partial charge < -0.3 is 5.11 Å². The summed E-state index contributed by atoms with van der Waals surface area (Å²) in [5, 5.41) is 9.85. The van der Waals surface area contributed by atoms with Gasteiger partial charge in [0.2, 0.25) is 0 Å². The predicted molar refractivity (Wildman–Crippen MR) is 52.2 cm³/mol. The van der Waals surface area contributed by atoms with Gasteiger partial charge in [-0.05, 0) is 61.7 Å². The Bertz CT molecular complexity index is 191. The average Bonchev–Trinajstić information content (AvgIpc) is 2.67. The predicted octanol–water partition coefficient (Wildman–Crippen LogP) is 2.44. The Kier molecular flexibility index (Phi) is 1.74. The van der Waals surface area contributed by atoms with Crippen LogP contribution in [0.15, 0.2) is 0 Å². The number of fused-ring (bicyclic) bond motifs is 5. The fourth-order valence-corrected chi connectivity index (χ4v) is 4.36. The second-order valence-corrected chi connectivity index (χ2v) is 5.68. The van der Waals surface area contributed by atoms with Crippen LogP contribution in [0.25, 0.3) is 0 Å². The molecule has 6 atom stereocenters. The molecule has 2 bridgehead atoms. The first kappa shape index (κ1) is 8.28. The topological polar surface area (TPSA) is 20.2 Å².